The number of thioether (sulfide) groups is 1. The van der Waals surface area contributed by atoms with Gasteiger partial charge in [0.25, 0.3) is 0 Å². The molecule has 0 aromatic heterocycles. The van der Waals surface area contributed by atoms with Crippen molar-refractivity contribution in [3.05, 3.63) is 64.7 Å². The minimum Gasteiger partial charge on any atom is -0.366 e. The van der Waals surface area contributed by atoms with Gasteiger partial charge < -0.3 is 16.4 Å². The van der Waals surface area contributed by atoms with Crippen molar-refractivity contribution < 1.29 is 14.4 Å². The van der Waals surface area contributed by atoms with Crippen molar-refractivity contribution in [3.8, 4) is 0 Å². The number of halogens is 1. The molecule has 5 N–H and O–H groups in total. The van der Waals surface area contributed by atoms with Gasteiger partial charge in [0.1, 0.15) is 5.50 Å². The number of amides is 3. The van der Waals surface area contributed by atoms with Crippen molar-refractivity contribution in [3.63, 3.8) is 0 Å². The Morgan fingerprint density at radius 1 is 1.21 bits per heavy atom. The van der Waals surface area contributed by atoms with Gasteiger partial charge in [0, 0.05) is 40.9 Å². The fourth-order valence-electron chi connectivity index (χ4n) is 2.92. The second-order valence-corrected chi connectivity index (χ2v) is 8.18. The summed E-state index contributed by atoms with van der Waals surface area (Å²) in [5.41, 5.74) is 6.90. The van der Waals surface area contributed by atoms with Gasteiger partial charge in [0.2, 0.25) is 17.7 Å². The lowest BCUT2D eigenvalue weighted by molar-refractivity contribution is -0.124. The normalized spacial score (nSPS) is 18.7. The number of hydrogen-bond acceptors (Lipinski definition) is 5. The maximum atomic E-state index is 12.3. The summed E-state index contributed by atoms with van der Waals surface area (Å²) in [6.07, 6.45) is 0.376. The summed E-state index contributed by atoms with van der Waals surface area (Å²) >= 11 is 7.52. The number of hydrogen-bond donors (Lipinski definition) is 4. The van der Waals surface area contributed by atoms with Crippen LogP contribution in [-0.2, 0) is 15.3 Å². The highest BCUT2D eigenvalue weighted by molar-refractivity contribution is 7.99. The smallest absolute Gasteiger partial charge is 0.248 e. The van der Waals surface area contributed by atoms with Gasteiger partial charge in [-0.1, -0.05) is 23.7 Å². The van der Waals surface area contributed by atoms with Crippen molar-refractivity contribution >= 4 is 46.8 Å². The topological polar surface area (TPSA) is 113 Å². The average Bonchev–Trinajstić information content (AvgIpc) is 2.66. The standard InChI is InChI=1S/C20H21ClN4O3S/c21-14-3-1-2-12(8-14)11-29-20-24-16(10-18(27)25-20)9-17(26)23-15-6-4-13(5-7-15)19(22)28/h1-8,16,20,24H,9-11H2,(H2,22,28)(H,23,26)(H,25,27). The summed E-state index contributed by atoms with van der Waals surface area (Å²) in [7, 11) is 0. The highest BCUT2D eigenvalue weighted by atomic mass is 35.5. The number of nitrogens with one attached hydrogen (secondary N) is 3. The van der Waals surface area contributed by atoms with Crippen molar-refractivity contribution in [2.75, 3.05) is 5.32 Å². The monoisotopic (exact) mass is 432 g/mol. The third-order valence-electron chi connectivity index (χ3n) is 4.30. The fourth-order valence-corrected chi connectivity index (χ4v) is 4.18. The van der Waals surface area contributed by atoms with E-state index in [1.807, 2.05) is 24.3 Å². The van der Waals surface area contributed by atoms with E-state index in [0.717, 1.165) is 5.56 Å². The van der Waals surface area contributed by atoms with Crippen LogP contribution in [0.2, 0.25) is 5.02 Å². The van der Waals surface area contributed by atoms with Crippen LogP contribution < -0.4 is 21.7 Å². The van der Waals surface area contributed by atoms with E-state index in [-0.39, 0.29) is 36.2 Å². The summed E-state index contributed by atoms with van der Waals surface area (Å²) < 4.78 is 0. The molecule has 0 bridgehead atoms. The van der Waals surface area contributed by atoms with E-state index in [9.17, 15) is 14.4 Å². The lowest BCUT2D eigenvalue weighted by Gasteiger charge is -2.31. The first-order chi connectivity index (χ1) is 13.9. The number of carbonyl (C=O) groups is 3. The van der Waals surface area contributed by atoms with Gasteiger partial charge in [0.15, 0.2) is 0 Å². The summed E-state index contributed by atoms with van der Waals surface area (Å²) in [6, 6.07) is 13.6. The molecule has 1 aliphatic rings. The molecule has 2 atom stereocenters. The molecule has 0 saturated carbocycles. The number of benzene rings is 2. The van der Waals surface area contributed by atoms with Crippen LogP contribution >= 0.6 is 23.4 Å². The zero-order valence-corrected chi connectivity index (χ0v) is 17.1. The Hall–Kier alpha value is -2.55. The molecule has 2 unspecified atom stereocenters. The van der Waals surface area contributed by atoms with Crippen LogP contribution in [0, 0.1) is 0 Å². The van der Waals surface area contributed by atoms with Crippen LogP contribution in [0.1, 0.15) is 28.8 Å². The van der Waals surface area contributed by atoms with Crippen LogP contribution in [0.25, 0.3) is 0 Å². The predicted octanol–water partition coefficient (Wildman–Crippen LogP) is 2.46. The van der Waals surface area contributed by atoms with Crippen molar-refractivity contribution in [1.29, 1.82) is 0 Å². The van der Waals surface area contributed by atoms with Gasteiger partial charge in [-0.25, -0.2) is 0 Å². The molecular weight excluding hydrogens is 412 g/mol. The van der Waals surface area contributed by atoms with E-state index in [1.165, 1.54) is 11.8 Å². The van der Waals surface area contributed by atoms with E-state index in [4.69, 9.17) is 17.3 Å². The molecule has 29 heavy (non-hydrogen) atoms. The minimum atomic E-state index is -0.526. The summed E-state index contributed by atoms with van der Waals surface area (Å²) in [5.74, 6) is -0.177. The van der Waals surface area contributed by atoms with Crippen molar-refractivity contribution in [1.82, 2.24) is 10.6 Å². The molecule has 1 saturated heterocycles. The van der Waals surface area contributed by atoms with Crippen LogP contribution in [0.3, 0.4) is 0 Å². The molecule has 9 heteroatoms. The fraction of sp³-hybridized carbons (Fsp3) is 0.250. The average molecular weight is 433 g/mol. The summed E-state index contributed by atoms with van der Waals surface area (Å²) in [4.78, 5) is 35.5. The predicted molar refractivity (Wildman–Crippen MR) is 114 cm³/mol. The molecule has 1 heterocycles. The van der Waals surface area contributed by atoms with E-state index in [1.54, 1.807) is 24.3 Å². The molecule has 3 amide bonds. The first-order valence-electron chi connectivity index (χ1n) is 9.00. The van der Waals surface area contributed by atoms with Gasteiger partial charge in [-0.2, -0.15) is 0 Å². The molecule has 2 aromatic carbocycles. The maximum Gasteiger partial charge on any atom is 0.248 e. The van der Waals surface area contributed by atoms with Gasteiger partial charge in [0.05, 0.1) is 0 Å². The Morgan fingerprint density at radius 2 is 1.97 bits per heavy atom. The highest BCUT2D eigenvalue weighted by Gasteiger charge is 2.27. The Balaban J connectivity index is 1.51. The number of primary amides is 1. The number of nitrogens with two attached hydrogens (primary N) is 1. The van der Waals surface area contributed by atoms with E-state index in [0.29, 0.717) is 22.0 Å². The first kappa shape index (κ1) is 21.2. The largest absolute Gasteiger partial charge is 0.366 e. The molecule has 0 spiro atoms. The van der Waals surface area contributed by atoms with E-state index < -0.39 is 5.91 Å². The van der Waals surface area contributed by atoms with Gasteiger partial charge in [-0.15, -0.1) is 11.8 Å². The van der Waals surface area contributed by atoms with E-state index >= 15 is 0 Å². The Labute approximate surface area is 177 Å². The number of carbonyl (C=O) groups excluding carboxylic acids is 3. The Kier molecular flexibility index (Phi) is 7.13. The van der Waals surface area contributed by atoms with E-state index in [2.05, 4.69) is 16.0 Å². The third kappa shape index (κ3) is 6.49. The first-order valence-corrected chi connectivity index (χ1v) is 10.4. The zero-order chi connectivity index (χ0) is 20.8. The second-order valence-electron chi connectivity index (χ2n) is 6.65. The molecule has 3 rings (SSSR count). The Bertz CT molecular complexity index is 907. The number of rotatable bonds is 7. The molecule has 1 aliphatic heterocycles. The highest BCUT2D eigenvalue weighted by Crippen LogP contribution is 2.21. The lowest BCUT2D eigenvalue weighted by atomic mass is 10.1. The molecule has 152 valence electrons. The summed E-state index contributed by atoms with van der Waals surface area (Å²) in [5, 5.41) is 9.59. The zero-order valence-electron chi connectivity index (χ0n) is 15.5. The minimum absolute atomic E-state index is 0.101. The van der Waals surface area contributed by atoms with Crippen LogP contribution in [0.5, 0.6) is 0 Å². The van der Waals surface area contributed by atoms with Gasteiger partial charge in [-0.05, 0) is 42.0 Å². The molecule has 2 aromatic rings. The molecule has 0 aliphatic carbocycles. The van der Waals surface area contributed by atoms with Crippen LogP contribution in [-0.4, -0.2) is 29.3 Å². The molecule has 1 fully saturated rings. The van der Waals surface area contributed by atoms with Gasteiger partial charge >= 0.3 is 0 Å². The SMILES string of the molecule is NC(=O)c1ccc(NC(=O)CC2CC(=O)NC(SCc3cccc(Cl)c3)N2)cc1. The van der Waals surface area contributed by atoms with Crippen molar-refractivity contribution in [2.45, 2.75) is 30.1 Å². The Morgan fingerprint density at radius 3 is 2.66 bits per heavy atom. The van der Waals surface area contributed by atoms with Crippen molar-refractivity contribution in [2.24, 2.45) is 5.73 Å². The summed E-state index contributed by atoms with van der Waals surface area (Å²) in [6.45, 7) is 0. The lowest BCUT2D eigenvalue weighted by Crippen LogP contribution is -2.55. The molecule has 0 radical (unpaired) electrons. The number of anilines is 1. The van der Waals surface area contributed by atoms with Gasteiger partial charge in [-0.3, -0.25) is 19.7 Å². The molecule has 7 nitrogen and oxygen atoms in total. The quantitative estimate of drug-likeness (QED) is 0.536. The third-order valence-corrected chi connectivity index (χ3v) is 5.62. The van der Waals surface area contributed by atoms with Crippen LogP contribution in [0.4, 0.5) is 5.69 Å². The molecular formula is C20H21ClN4O3S. The van der Waals surface area contributed by atoms with Crippen LogP contribution in [0.15, 0.2) is 48.5 Å². The second kappa shape index (κ2) is 9.78. The maximum absolute atomic E-state index is 12.3.